The highest BCUT2D eigenvalue weighted by Crippen LogP contribution is 2.49. The summed E-state index contributed by atoms with van der Waals surface area (Å²) in [6.07, 6.45) is 8.22. The summed E-state index contributed by atoms with van der Waals surface area (Å²) < 4.78 is 33.9. The van der Waals surface area contributed by atoms with Crippen LogP contribution in [-0.4, -0.2) is 83.7 Å². The minimum atomic E-state index is -0.778. The van der Waals surface area contributed by atoms with E-state index in [2.05, 4.69) is 32.4 Å². The van der Waals surface area contributed by atoms with E-state index in [0.717, 1.165) is 48.6 Å². The number of hydrogen-bond acceptors (Lipinski definition) is 8. The van der Waals surface area contributed by atoms with Crippen LogP contribution in [0.4, 0.5) is 10.2 Å². The predicted octanol–water partition coefficient (Wildman–Crippen LogP) is 3.01. The second-order valence-corrected chi connectivity index (χ2v) is 11.7. The molecule has 2 N–H and O–H groups in total. The zero-order valence-corrected chi connectivity index (χ0v) is 22.3. The summed E-state index contributed by atoms with van der Waals surface area (Å²) in [5.74, 6) is 1.33. The average molecular weight is 533 g/mol. The smallest absolute Gasteiger partial charge is 0.206 e. The van der Waals surface area contributed by atoms with Crippen molar-refractivity contribution in [2.75, 3.05) is 50.9 Å². The third kappa shape index (κ3) is 3.68. The van der Waals surface area contributed by atoms with Gasteiger partial charge >= 0.3 is 0 Å². The van der Waals surface area contributed by atoms with Crippen molar-refractivity contribution in [3.63, 3.8) is 0 Å². The predicted molar refractivity (Wildman–Crippen MR) is 144 cm³/mol. The van der Waals surface area contributed by atoms with E-state index in [1.54, 1.807) is 0 Å². The number of rotatable bonds is 4. The number of dihydropyridines is 1. The third-order valence-corrected chi connectivity index (χ3v) is 9.00. The number of H-pyrrole nitrogens is 1. The number of anilines is 1. The number of nitrogens with zero attached hydrogens (tertiary/aromatic N) is 4. The van der Waals surface area contributed by atoms with Crippen LogP contribution in [0.1, 0.15) is 43.0 Å². The first-order valence-corrected chi connectivity index (χ1v) is 14.0. The number of likely N-dealkylation sites (tertiary alicyclic amines) is 1. The van der Waals surface area contributed by atoms with Crippen molar-refractivity contribution in [1.82, 2.24) is 25.2 Å². The van der Waals surface area contributed by atoms with Gasteiger partial charge in [-0.1, -0.05) is 6.92 Å². The van der Waals surface area contributed by atoms with Gasteiger partial charge in [0.15, 0.2) is 17.4 Å². The second-order valence-electron chi connectivity index (χ2n) is 11.7. The van der Waals surface area contributed by atoms with Gasteiger partial charge in [0.2, 0.25) is 5.72 Å². The lowest BCUT2D eigenvalue weighted by Crippen LogP contribution is -2.46. The number of morpholine rings is 2. The lowest BCUT2D eigenvalue weighted by molar-refractivity contribution is 0.0346. The minimum absolute atomic E-state index is 0.167. The van der Waals surface area contributed by atoms with Crippen molar-refractivity contribution in [3.8, 4) is 5.75 Å². The Bertz CT molecular complexity index is 1440. The van der Waals surface area contributed by atoms with Crippen molar-refractivity contribution in [3.05, 3.63) is 58.7 Å². The van der Waals surface area contributed by atoms with Crippen LogP contribution in [0.25, 0.3) is 11.1 Å². The second kappa shape index (κ2) is 8.64. The fourth-order valence-electron chi connectivity index (χ4n) is 6.88. The SMILES string of the molecule is CC1Cc2[nH]ccc2C(c2nc3c(c(N4CCOCC4)n2)OC2(C)NC=C(CN4C[C@@H]5C[C@H]4CO5)C=C32)=C1F. The van der Waals surface area contributed by atoms with E-state index >= 15 is 4.39 Å². The first-order chi connectivity index (χ1) is 19.0. The number of fused-ring (bicyclic) bond motifs is 6. The molecular formula is C29H33FN6O3. The monoisotopic (exact) mass is 532 g/mol. The fourth-order valence-corrected chi connectivity index (χ4v) is 6.88. The Hall–Kier alpha value is -3.21. The van der Waals surface area contributed by atoms with Crippen molar-refractivity contribution in [2.24, 2.45) is 5.92 Å². The number of aromatic nitrogens is 3. The molecule has 204 valence electrons. The molecule has 4 atom stereocenters. The number of hydrogen-bond donors (Lipinski definition) is 2. The zero-order chi connectivity index (χ0) is 26.3. The largest absolute Gasteiger partial charge is 0.458 e. The van der Waals surface area contributed by atoms with Gasteiger partial charge in [-0.15, -0.1) is 0 Å². The molecule has 0 saturated carbocycles. The first kappa shape index (κ1) is 23.7. The molecule has 6 aliphatic rings. The zero-order valence-electron chi connectivity index (χ0n) is 22.3. The van der Waals surface area contributed by atoms with Crippen LogP contribution in [0.15, 0.2) is 35.9 Å². The Kier molecular flexibility index (Phi) is 5.24. The van der Waals surface area contributed by atoms with E-state index in [0.29, 0.717) is 67.8 Å². The Morgan fingerprint density at radius 3 is 2.90 bits per heavy atom. The minimum Gasteiger partial charge on any atom is -0.458 e. The molecule has 0 amide bonds. The summed E-state index contributed by atoms with van der Waals surface area (Å²) in [6.45, 7) is 9.14. The lowest BCUT2D eigenvalue weighted by atomic mass is 9.88. The highest BCUT2D eigenvalue weighted by molar-refractivity contribution is 5.87. The third-order valence-electron chi connectivity index (χ3n) is 9.00. The molecule has 5 aliphatic heterocycles. The lowest BCUT2D eigenvalue weighted by Gasteiger charge is -2.33. The number of nitrogens with one attached hydrogen (secondary N) is 2. The molecule has 10 heteroatoms. The molecule has 2 aromatic heterocycles. The normalized spacial score (nSPS) is 31.4. The molecule has 2 aromatic rings. The number of aromatic amines is 1. The Morgan fingerprint density at radius 2 is 2.10 bits per heavy atom. The number of halogens is 1. The van der Waals surface area contributed by atoms with Gasteiger partial charge < -0.3 is 29.4 Å². The van der Waals surface area contributed by atoms with E-state index < -0.39 is 5.72 Å². The maximum Gasteiger partial charge on any atom is 0.206 e. The molecule has 9 nitrogen and oxygen atoms in total. The fraction of sp³-hybridized carbons (Fsp3) is 0.517. The maximum atomic E-state index is 15.8. The Balaban J connectivity index is 1.24. The molecule has 7 heterocycles. The van der Waals surface area contributed by atoms with E-state index in [9.17, 15) is 0 Å². The molecule has 0 spiro atoms. The van der Waals surface area contributed by atoms with Gasteiger partial charge in [0.25, 0.3) is 0 Å². The molecule has 1 aliphatic carbocycles. The molecule has 2 bridgehead atoms. The average Bonchev–Trinajstić information content (AvgIpc) is 3.73. The molecular weight excluding hydrogens is 499 g/mol. The molecule has 2 unspecified atom stereocenters. The molecule has 3 fully saturated rings. The van der Waals surface area contributed by atoms with Gasteiger partial charge in [-0.25, -0.2) is 14.4 Å². The first-order valence-electron chi connectivity index (χ1n) is 14.0. The van der Waals surface area contributed by atoms with E-state index in [1.165, 1.54) is 5.57 Å². The van der Waals surface area contributed by atoms with Crippen molar-refractivity contribution in [2.45, 2.75) is 44.6 Å². The van der Waals surface area contributed by atoms with Crippen LogP contribution in [0.2, 0.25) is 0 Å². The summed E-state index contributed by atoms with van der Waals surface area (Å²) in [4.78, 5) is 18.0. The Morgan fingerprint density at radius 1 is 1.23 bits per heavy atom. The standard InChI is InChI=1S/C29H33FN6O3/c1-16-9-22-20(3-4-31-22)23(24(16)30)27-33-25-21-10-17(13-36-14-19-11-18(36)15-38-19)12-32-29(21,2)39-26(25)28(34-27)35-5-7-37-8-6-35/h3-4,10,12,16,18-19,31-32H,5-9,11,13-15H2,1-2H3/t16?,18-,19-,29?/m0/s1. The van der Waals surface area contributed by atoms with Crippen LogP contribution < -0.4 is 15.0 Å². The van der Waals surface area contributed by atoms with Crippen LogP contribution in [0.5, 0.6) is 5.75 Å². The summed E-state index contributed by atoms with van der Waals surface area (Å²) in [5.41, 5.74) is 4.40. The molecule has 3 saturated heterocycles. The molecule has 8 rings (SSSR count). The number of allylic oxidation sites excluding steroid dienone is 1. The highest BCUT2D eigenvalue weighted by atomic mass is 19.1. The van der Waals surface area contributed by atoms with E-state index in [4.69, 9.17) is 24.2 Å². The van der Waals surface area contributed by atoms with Crippen molar-refractivity contribution >= 4 is 17.0 Å². The van der Waals surface area contributed by atoms with Crippen molar-refractivity contribution < 1.29 is 18.6 Å². The summed E-state index contributed by atoms with van der Waals surface area (Å²) in [6, 6.07) is 2.41. The number of ether oxygens (including phenoxy) is 3. The Labute approximate surface area is 226 Å². The molecule has 0 radical (unpaired) electrons. The van der Waals surface area contributed by atoms with Gasteiger partial charge in [0.05, 0.1) is 31.5 Å². The van der Waals surface area contributed by atoms with Crippen LogP contribution >= 0.6 is 0 Å². The van der Waals surface area contributed by atoms with Crippen LogP contribution in [0, 0.1) is 5.92 Å². The summed E-state index contributed by atoms with van der Waals surface area (Å²) in [5, 5.41) is 3.52. The van der Waals surface area contributed by atoms with Crippen molar-refractivity contribution in [1.29, 1.82) is 0 Å². The van der Waals surface area contributed by atoms with E-state index in [-0.39, 0.29) is 11.7 Å². The quantitative estimate of drug-likeness (QED) is 0.622. The summed E-state index contributed by atoms with van der Waals surface area (Å²) >= 11 is 0. The van der Waals surface area contributed by atoms with Gasteiger partial charge in [-0.3, -0.25) is 4.90 Å². The van der Waals surface area contributed by atoms with Gasteiger partial charge in [-0.05, 0) is 37.5 Å². The van der Waals surface area contributed by atoms with Gasteiger partial charge in [0, 0.05) is 67.4 Å². The van der Waals surface area contributed by atoms with Gasteiger partial charge in [-0.2, -0.15) is 0 Å². The van der Waals surface area contributed by atoms with E-state index in [1.807, 2.05) is 26.1 Å². The highest BCUT2D eigenvalue weighted by Gasteiger charge is 2.47. The topological polar surface area (TPSA) is 87.8 Å². The molecule has 0 aromatic carbocycles. The van der Waals surface area contributed by atoms with Crippen LogP contribution in [0.3, 0.4) is 0 Å². The van der Waals surface area contributed by atoms with Crippen LogP contribution in [-0.2, 0) is 15.9 Å². The molecule has 39 heavy (non-hydrogen) atoms. The maximum absolute atomic E-state index is 15.8. The summed E-state index contributed by atoms with van der Waals surface area (Å²) in [7, 11) is 0. The van der Waals surface area contributed by atoms with Gasteiger partial charge in [0.1, 0.15) is 11.5 Å².